The van der Waals surface area contributed by atoms with Crippen LogP contribution in [-0.4, -0.2) is 0 Å². The smallest absolute Gasteiger partial charge is 0.0400 e. The van der Waals surface area contributed by atoms with Gasteiger partial charge in [0, 0.05) is 17.9 Å². The zero-order valence-corrected chi connectivity index (χ0v) is 12.5. The molecule has 0 spiro atoms. The van der Waals surface area contributed by atoms with Crippen LogP contribution in [0.3, 0.4) is 0 Å². The number of nitrogens with two attached hydrogens (primary N) is 1. The van der Waals surface area contributed by atoms with Crippen LogP contribution in [0.4, 0.5) is 11.4 Å². The highest BCUT2D eigenvalue weighted by Crippen LogP contribution is 2.15. The van der Waals surface area contributed by atoms with Gasteiger partial charge in [-0.25, -0.2) is 0 Å². The molecule has 0 radical (unpaired) electrons. The standard InChI is InChI=1S/C20H20N2/c21-19-10-6-16(7-11-19)14-17-8-12-20(13-9-17)22-15-18-4-2-1-3-5-18/h1-13,22H,14-15,21H2. The summed E-state index contributed by atoms with van der Waals surface area (Å²) < 4.78 is 0. The van der Waals surface area contributed by atoms with Gasteiger partial charge in [-0.05, 0) is 47.4 Å². The van der Waals surface area contributed by atoms with Crippen molar-refractivity contribution in [3.8, 4) is 0 Å². The molecule has 0 aliphatic carbocycles. The molecular formula is C20H20N2. The maximum absolute atomic E-state index is 5.71. The van der Waals surface area contributed by atoms with Crippen molar-refractivity contribution in [2.24, 2.45) is 0 Å². The Morgan fingerprint density at radius 1 is 0.636 bits per heavy atom. The summed E-state index contributed by atoms with van der Waals surface area (Å²) in [7, 11) is 0. The quantitative estimate of drug-likeness (QED) is 0.680. The third-order valence-corrected chi connectivity index (χ3v) is 3.68. The number of nitrogen functional groups attached to an aromatic ring is 1. The van der Waals surface area contributed by atoms with Gasteiger partial charge < -0.3 is 11.1 Å². The van der Waals surface area contributed by atoms with Gasteiger partial charge in [0.05, 0.1) is 0 Å². The van der Waals surface area contributed by atoms with Gasteiger partial charge in [0.25, 0.3) is 0 Å². The van der Waals surface area contributed by atoms with Gasteiger partial charge in [-0.3, -0.25) is 0 Å². The highest BCUT2D eigenvalue weighted by atomic mass is 14.9. The van der Waals surface area contributed by atoms with E-state index in [0.29, 0.717) is 0 Å². The maximum Gasteiger partial charge on any atom is 0.0400 e. The minimum atomic E-state index is 0.809. The Balaban J connectivity index is 1.59. The van der Waals surface area contributed by atoms with Gasteiger partial charge in [-0.15, -0.1) is 0 Å². The van der Waals surface area contributed by atoms with E-state index in [4.69, 9.17) is 5.73 Å². The first-order chi connectivity index (χ1) is 10.8. The Morgan fingerprint density at radius 2 is 1.23 bits per heavy atom. The third-order valence-electron chi connectivity index (χ3n) is 3.68. The minimum absolute atomic E-state index is 0.809. The summed E-state index contributed by atoms with van der Waals surface area (Å²) in [4.78, 5) is 0. The van der Waals surface area contributed by atoms with Crippen LogP contribution in [0, 0.1) is 0 Å². The molecule has 0 atom stereocenters. The van der Waals surface area contributed by atoms with Crippen molar-refractivity contribution in [1.82, 2.24) is 0 Å². The third kappa shape index (κ3) is 3.89. The molecular weight excluding hydrogens is 268 g/mol. The summed E-state index contributed by atoms with van der Waals surface area (Å²) in [6.45, 7) is 0.845. The normalized spacial score (nSPS) is 10.4. The molecule has 3 aromatic rings. The number of nitrogens with one attached hydrogen (secondary N) is 1. The fourth-order valence-electron chi connectivity index (χ4n) is 2.41. The monoisotopic (exact) mass is 288 g/mol. The Bertz CT molecular complexity index is 701. The van der Waals surface area contributed by atoms with E-state index in [0.717, 1.165) is 24.3 Å². The van der Waals surface area contributed by atoms with E-state index >= 15 is 0 Å². The second-order valence-electron chi connectivity index (χ2n) is 5.45. The van der Waals surface area contributed by atoms with E-state index < -0.39 is 0 Å². The lowest BCUT2D eigenvalue weighted by Crippen LogP contribution is -1.99. The molecule has 0 amide bonds. The lowest BCUT2D eigenvalue weighted by atomic mass is 10.0. The van der Waals surface area contributed by atoms with E-state index in [1.807, 2.05) is 18.2 Å². The maximum atomic E-state index is 5.71. The molecule has 0 aliphatic rings. The average Bonchev–Trinajstić information content (AvgIpc) is 2.57. The second kappa shape index (κ2) is 6.81. The lowest BCUT2D eigenvalue weighted by Gasteiger charge is -2.08. The van der Waals surface area contributed by atoms with Crippen LogP contribution in [0.2, 0.25) is 0 Å². The zero-order valence-electron chi connectivity index (χ0n) is 12.5. The van der Waals surface area contributed by atoms with Crippen molar-refractivity contribution in [3.63, 3.8) is 0 Å². The molecule has 0 aliphatic heterocycles. The summed E-state index contributed by atoms with van der Waals surface area (Å²) in [6.07, 6.45) is 0.930. The topological polar surface area (TPSA) is 38.0 Å². The van der Waals surface area contributed by atoms with Crippen LogP contribution in [0.5, 0.6) is 0 Å². The van der Waals surface area contributed by atoms with Crippen LogP contribution in [-0.2, 0) is 13.0 Å². The van der Waals surface area contributed by atoms with Gasteiger partial charge in [0.1, 0.15) is 0 Å². The van der Waals surface area contributed by atoms with Gasteiger partial charge in [-0.1, -0.05) is 54.6 Å². The van der Waals surface area contributed by atoms with Gasteiger partial charge in [-0.2, -0.15) is 0 Å². The predicted octanol–water partition coefficient (Wildman–Crippen LogP) is 4.47. The SMILES string of the molecule is Nc1ccc(Cc2ccc(NCc3ccccc3)cc2)cc1. The van der Waals surface area contributed by atoms with Crippen LogP contribution in [0.15, 0.2) is 78.9 Å². The van der Waals surface area contributed by atoms with E-state index in [9.17, 15) is 0 Å². The van der Waals surface area contributed by atoms with Gasteiger partial charge >= 0.3 is 0 Å². The molecule has 3 aromatic carbocycles. The molecule has 0 bridgehead atoms. The number of rotatable bonds is 5. The number of hydrogen-bond donors (Lipinski definition) is 2. The Labute approximate surface area is 131 Å². The van der Waals surface area contributed by atoms with Crippen LogP contribution >= 0.6 is 0 Å². The van der Waals surface area contributed by atoms with Crippen LogP contribution in [0.1, 0.15) is 16.7 Å². The first-order valence-electron chi connectivity index (χ1n) is 7.51. The van der Waals surface area contributed by atoms with Gasteiger partial charge in [0.2, 0.25) is 0 Å². The predicted molar refractivity (Wildman–Crippen MR) is 93.9 cm³/mol. The summed E-state index contributed by atoms with van der Waals surface area (Å²) in [5, 5.41) is 3.44. The van der Waals surface area contributed by atoms with E-state index in [-0.39, 0.29) is 0 Å². The summed E-state index contributed by atoms with van der Waals surface area (Å²) in [5.41, 5.74) is 11.5. The number of anilines is 2. The first kappa shape index (κ1) is 14.2. The van der Waals surface area contributed by atoms with E-state index in [2.05, 4.69) is 66.0 Å². The molecule has 2 nitrogen and oxygen atoms in total. The largest absolute Gasteiger partial charge is 0.399 e. The highest BCUT2D eigenvalue weighted by Gasteiger charge is 1.98. The molecule has 0 saturated carbocycles. The Morgan fingerprint density at radius 3 is 1.86 bits per heavy atom. The van der Waals surface area contributed by atoms with E-state index in [1.54, 1.807) is 0 Å². The summed E-state index contributed by atoms with van der Waals surface area (Å²) >= 11 is 0. The molecule has 0 heterocycles. The van der Waals surface area contributed by atoms with Crippen LogP contribution < -0.4 is 11.1 Å². The summed E-state index contributed by atoms with van der Waals surface area (Å²) in [6, 6.07) is 27.1. The summed E-state index contributed by atoms with van der Waals surface area (Å²) in [5.74, 6) is 0. The molecule has 0 saturated heterocycles. The molecule has 2 heteroatoms. The Hall–Kier alpha value is -2.74. The fraction of sp³-hybridized carbons (Fsp3) is 0.100. The Kier molecular flexibility index (Phi) is 4.40. The first-order valence-corrected chi connectivity index (χ1v) is 7.51. The van der Waals surface area contributed by atoms with Crippen molar-refractivity contribution in [1.29, 1.82) is 0 Å². The van der Waals surface area contributed by atoms with Gasteiger partial charge in [0.15, 0.2) is 0 Å². The molecule has 110 valence electrons. The molecule has 0 aromatic heterocycles. The van der Waals surface area contributed by atoms with Crippen LogP contribution in [0.25, 0.3) is 0 Å². The second-order valence-corrected chi connectivity index (χ2v) is 5.45. The van der Waals surface area contributed by atoms with E-state index in [1.165, 1.54) is 16.7 Å². The molecule has 3 N–H and O–H groups in total. The number of hydrogen-bond acceptors (Lipinski definition) is 2. The van der Waals surface area contributed by atoms with Crippen molar-refractivity contribution in [2.75, 3.05) is 11.1 Å². The molecule has 0 fully saturated rings. The number of benzene rings is 3. The van der Waals surface area contributed by atoms with Crippen molar-refractivity contribution >= 4 is 11.4 Å². The zero-order chi connectivity index (χ0) is 15.2. The fourth-order valence-corrected chi connectivity index (χ4v) is 2.41. The highest BCUT2D eigenvalue weighted by molar-refractivity contribution is 5.46. The van der Waals surface area contributed by atoms with Crippen molar-refractivity contribution in [2.45, 2.75) is 13.0 Å². The van der Waals surface area contributed by atoms with Crippen molar-refractivity contribution < 1.29 is 0 Å². The minimum Gasteiger partial charge on any atom is -0.399 e. The molecule has 3 rings (SSSR count). The molecule has 22 heavy (non-hydrogen) atoms. The average molecular weight is 288 g/mol. The lowest BCUT2D eigenvalue weighted by molar-refractivity contribution is 1.14. The molecule has 0 unspecified atom stereocenters. The van der Waals surface area contributed by atoms with Crippen molar-refractivity contribution in [3.05, 3.63) is 95.6 Å².